The first-order chi connectivity index (χ1) is 14.2. The molecule has 8 heteroatoms. The molecule has 0 radical (unpaired) electrons. The number of pyridine rings is 2. The topological polar surface area (TPSA) is 95.9 Å². The van der Waals surface area contributed by atoms with Crippen LogP contribution in [0.5, 0.6) is 5.75 Å². The number of nitrogens with one attached hydrogen (secondary N) is 2. The minimum atomic E-state index is -0.605. The van der Waals surface area contributed by atoms with Crippen LogP contribution in [0.4, 0.5) is 0 Å². The van der Waals surface area contributed by atoms with Gasteiger partial charge in [-0.3, -0.25) is 4.98 Å². The third-order valence-corrected chi connectivity index (χ3v) is 4.74. The molecular formula is C21H20BrN5O2. The van der Waals surface area contributed by atoms with Crippen molar-refractivity contribution in [2.45, 2.75) is 12.6 Å². The Kier molecular flexibility index (Phi) is 6.14. The summed E-state index contributed by atoms with van der Waals surface area (Å²) in [4.78, 5) is 16.1. The van der Waals surface area contributed by atoms with Gasteiger partial charge in [-0.05, 0) is 57.9 Å². The van der Waals surface area contributed by atoms with Gasteiger partial charge in [0, 0.05) is 41.7 Å². The first kappa shape index (κ1) is 19.5. The maximum absolute atomic E-state index is 10.1. The second-order valence-electron chi connectivity index (χ2n) is 6.59. The summed E-state index contributed by atoms with van der Waals surface area (Å²) in [5, 5.41) is 13.3. The summed E-state index contributed by atoms with van der Waals surface area (Å²) in [6.45, 7) is 1.30. The van der Waals surface area contributed by atoms with E-state index in [1.54, 1.807) is 18.6 Å². The minimum absolute atomic E-state index is 0.210. The minimum Gasteiger partial charge on any atom is -0.491 e. The van der Waals surface area contributed by atoms with Crippen LogP contribution in [-0.2, 0) is 6.54 Å². The lowest BCUT2D eigenvalue weighted by molar-refractivity contribution is 0.106. The largest absolute Gasteiger partial charge is 0.491 e. The van der Waals surface area contributed by atoms with Crippen molar-refractivity contribution in [3.05, 3.63) is 71.1 Å². The van der Waals surface area contributed by atoms with E-state index in [1.807, 2.05) is 42.5 Å². The molecule has 4 aromatic rings. The molecule has 3 heterocycles. The van der Waals surface area contributed by atoms with Crippen molar-refractivity contribution >= 4 is 27.1 Å². The molecule has 4 rings (SSSR count). The van der Waals surface area contributed by atoms with Crippen molar-refractivity contribution in [3.63, 3.8) is 0 Å². The number of aliphatic hydroxyl groups is 1. The number of imidazole rings is 1. The molecule has 0 saturated carbocycles. The average Bonchev–Trinajstić information content (AvgIpc) is 3.16. The van der Waals surface area contributed by atoms with Gasteiger partial charge in [-0.25, -0.2) is 9.97 Å². The van der Waals surface area contributed by atoms with Crippen molar-refractivity contribution in [2.75, 3.05) is 13.2 Å². The maximum Gasteiger partial charge on any atom is 0.157 e. The molecule has 0 fully saturated rings. The summed E-state index contributed by atoms with van der Waals surface area (Å²) in [6.07, 6.45) is 4.67. The number of rotatable bonds is 8. The second kappa shape index (κ2) is 9.13. The predicted octanol–water partition coefficient (Wildman–Crippen LogP) is 3.31. The van der Waals surface area contributed by atoms with Crippen LogP contribution in [0.3, 0.4) is 0 Å². The van der Waals surface area contributed by atoms with Gasteiger partial charge in [0.25, 0.3) is 0 Å². The van der Waals surface area contributed by atoms with E-state index in [-0.39, 0.29) is 6.61 Å². The normalized spacial score (nSPS) is 12.2. The van der Waals surface area contributed by atoms with Crippen LogP contribution in [-0.4, -0.2) is 44.3 Å². The molecule has 1 aromatic carbocycles. The molecular weight excluding hydrogens is 434 g/mol. The lowest BCUT2D eigenvalue weighted by Crippen LogP contribution is -2.31. The van der Waals surface area contributed by atoms with E-state index < -0.39 is 6.10 Å². The number of nitrogens with zero attached hydrogens (tertiary/aromatic N) is 3. The fraction of sp³-hybridized carbons (Fsp3) is 0.190. The second-order valence-corrected chi connectivity index (χ2v) is 7.50. The Morgan fingerprint density at radius 3 is 2.83 bits per heavy atom. The SMILES string of the molecule is OC(CNCc1cccnc1)COc1ccc(-c2nc3cc(Br)cnc3[nH]2)cc1. The zero-order valence-corrected chi connectivity index (χ0v) is 17.1. The van der Waals surface area contributed by atoms with Crippen molar-refractivity contribution in [1.82, 2.24) is 25.3 Å². The number of ether oxygens (including phenoxy) is 1. The van der Waals surface area contributed by atoms with Crippen LogP contribution in [0.15, 0.2) is 65.5 Å². The van der Waals surface area contributed by atoms with Gasteiger partial charge < -0.3 is 20.1 Å². The molecule has 0 aliphatic heterocycles. The van der Waals surface area contributed by atoms with Crippen molar-refractivity contribution in [3.8, 4) is 17.1 Å². The monoisotopic (exact) mass is 453 g/mol. The molecule has 0 aliphatic carbocycles. The van der Waals surface area contributed by atoms with Gasteiger partial charge in [0.15, 0.2) is 5.65 Å². The van der Waals surface area contributed by atoms with Gasteiger partial charge >= 0.3 is 0 Å². The van der Waals surface area contributed by atoms with Crippen LogP contribution in [0.25, 0.3) is 22.6 Å². The van der Waals surface area contributed by atoms with Crippen LogP contribution >= 0.6 is 15.9 Å². The van der Waals surface area contributed by atoms with Gasteiger partial charge in [0.2, 0.25) is 0 Å². The highest BCUT2D eigenvalue weighted by Gasteiger charge is 2.08. The predicted molar refractivity (Wildman–Crippen MR) is 114 cm³/mol. The third-order valence-electron chi connectivity index (χ3n) is 4.31. The molecule has 0 saturated heterocycles. The van der Waals surface area contributed by atoms with Crippen LogP contribution in [0, 0.1) is 0 Å². The fourth-order valence-corrected chi connectivity index (χ4v) is 3.17. The molecule has 0 amide bonds. The Morgan fingerprint density at radius 2 is 2.03 bits per heavy atom. The number of aliphatic hydroxyl groups excluding tert-OH is 1. The van der Waals surface area contributed by atoms with Crippen molar-refractivity contribution < 1.29 is 9.84 Å². The molecule has 7 nitrogen and oxygen atoms in total. The van der Waals surface area contributed by atoms with Gasteiger partial charge in [-0.15, -0.1) is 0 Å². The number of benzene rings is 1. The van der Waals surface area contributed by atoms with Crippen LogP contribution < -0.4 is 10.1 Å². The Hall–Kier alpha value is -2.81. The van der Waals surface area contributed by atoms with E-state index >= 15 is 0 Å². The summed E-state index contributed by atoms with van der Waals surface area (Å²) in [5.41, 5.74) is 3.55. The summed E-state index contributed by atoms with van der Waals surface area (Å²) in [5.74, 6) is 1.44. The van der Waals surface area contributed by atoms with E-state index in [0.717, 1.165) is 32.6 Å². The molecule has 3 aromatic heterocycles. The number of fused-ring (bicyclic) bond motifs is 1. The van der Waals surface area contributed by atoms with Gasteiger partial charge in [-0.2, -0.15) is 0 Å². The zero-order chi connectivity index (χ0) is 20.1. The molecule has 0 spiro atoms. The van der Waals surface area contributed by atoms with E-state index in [9.17, 15) is 5.11 Å². The number of hydrogen-bond acceptors (Lipinski definition) is 6. The molecule has 29 heavy (non-hydrogen) atoms. The number of halogens is 1. The number of H-pyrrole nitrogens is 1. The quantitative estimate of drug-likeness (QED) is 0.378. The first-order valence-electron chi connectivity index (χ1n) is 9.19. The lowest BCUT2D eigenvalue weighted by Gasteiger charge is -2.13. The molecule has 1 unspecified atom stereocenters. The number of aromatic amines is 1. The smallest absolute Gasteiger partial charge is 0.157 e. The first-order valence-corrected chi connectivity index (χ1v) is 9.99. The highest BCUT2D eigenvalue weighted by atomic mass is 79.9. The Labute approximate surface area is 176 Å². The summed E-state index contributed by atoms with van der Waals surface area (Å²) < 4.78 is 6.57. The third kappa shape index (κ3) is 5.17. The Morgan fingerprint density at radius 1 is 1.17 bits per heavy atom. The average molecular weight is 454 g/mol. The maximum atomic E-state index is 10.1. The Balaban J connectivity index is 1.28. The highest BCUT2D eigenvalue weighted by Crippen LogP contribution is 2.23. The van der Waals surface area contributed by atoms with Gasteiger partial charge in [0.05, 0.1) is 0 Å². The van der Waals surface area contributed by atoms with Crippen molar-refractivity contribution in [2.24, 2.45) is 0 Å². The van der Waals surface area contributed by atoms with Crippen molar-refractivity contribution in [1.29, 1.82) is 0 Å². The molecule has 3 N–H and O–H groups in total. The number of aromatic nitrogens is 4. The summed E-state index contributed by atoms with van der Waals surface area (Å²) in [6, 6.07) is 13.4. The van der Waals surface area contributed by atoms with Crippen LogP contribution in [0.2, 0.25) is 0 Å². The van der Waals surface area contributed by atoms with Crippen LogP contribution in [0.1, 0.15) is 5.56 Å². The van der Waals surface area contributed by atoms with Gasteiger partial charge in [-0.1, -0.05) is 6.07 Å². The molecule has 0 bridgehead atoms. The zero-order valence-electron chi connectivity index (χ0n) is 15.5. The molecule has 0 aliphatic rings. The van der Waals surface area contributed by atoms with E-state index in [2.05, 4.69) is 41.2 Å². The number of hydrogen-bond donors (Lipinski definition) is 3. The van der Waals surface area contributed by atoms with E-state index in [1.165, 1.54) is 0 Å². The standard InChI is InChI=1S/C21H20BrN5O2/c22-16-8-19-21(25-11-16)27-20(26-19)15-3-5-18(6-4-15)29-13-17(28)12-24-10-14-2-1-7-23-9-14/h1-9,11,17,24,28H,10,12-13H2,(H,25,26,27). The summed E-state index contributed by atoms with van der Waals surface area (Å²) in [7, 11) is 0. The summed E-state index contributed by atoms with van der Waals surface area (Å²) >= 11 is 3.40. The van der Waals surface area contributed by atoms with Gasteiger partial charge in [0.1, 0.15) is 29.8 Å². The van der Waals surface area contributed by atoms with E-state index in [4.69, 9.17) is 4.74 Å². The molecule has 148 valence electrons. The lowest BCUT2D eigenvalue weighted by atomic mass is 10.2. The van der Waals surface area contributed by atoms with E-state index in [0.29, 0.717) is 18.8 Å². The highest BCUT2D eigenvalue weighted by molar-refractivity contribution is 9.10. The Bertz CT molecular complexity index is 1070. The molecule has 1 atom stereocenters. The fourth-order valence-electron chi connectivity index (χ4n) is 2.85.